The van der Waals surface area contributed by atoms with E-state index in [1.807, 2.05) is 12.1 Å². The van der Waals surface area contributed by atoms with E-state index >= 15 is 0 Å². The van der Waals surface area contributed by atoms with Gasteiger partial charge in [0.05, 0.1) is 7.11 Å². The van der Waals surface area contributed by atoms with Crippen LogP contribution in [0.5, 0.6) is 5.75 Å². The first-order valence-electron chi connectivity index (χ1n) is 8.09. The van der Waals surface area contributed by atoms with E-state index < -0.39 is 7.26 Å². The van der Waals surface area contributed by atoms with Gasteiger partial charge in [0.15, 0.2) is 0 Å². The molecule has 0 saturated heterocycles. The van der Waals surface area contributed by atoms with Crippen molar-refractivity contribution in [1.82, 2.24) is 0 Å². The van der Waals surface area contributed by atoms with Crippen LogP contribution in [0.25, 0.3) is 0 Å². The molecular weight excluding hydrogens is 313 g/mol. The van der Waals surface area contributed by atoms with E-state index in [2.05, 4.69) is 79.7 Å². The molecule has 0 aliphatic carbocycles. The van der Waals surface area contributed by atoms with Crippen LogP contribution in [-0.4, -0.2) is 12.9 Å². The number of rotatable bonds is 5. The first-order valence-corrected chi connectivity index (χ1v) is 9.95. The normalized spacial score (nSPS) is 12.6. The van der Waals surface area contributed by atoms with Crippen LogP contribution in [0.3, 0.4) is 0 Å². The van der Waals surface area contributed by atoms with Gasteiger partial charge in [-0.25, -0.2) is 0 Å². The molecule has 0 spiro atoms. The molecule has 123 valence electrons. The Morgan fingerprint density at radius 2 is 1.12 bits per heavy atom. The van der Waals surface area contributed by atoms with Crippen molar-refractivity contribution in [3.05, 3.63) is 84.9 Å². The number of methoxy groups -OCH3 is 1. The molecule has 2 nitrogen and oxygen atoms in total. The van der Waals surface area contributed by atoms with Gasteiger partial charge in [-0.1, -0.05) is 72.8 Å². The van der Waals surface area contributed by atoms with Crippen LogP contribution >= 0.6 is 7.26 Å². The second-order valence-electron chi connectivity index (χ2n) is 5.83. The summed E-state index contributed by atoms with van der Waals surface area (Å²) in [6.07, 6.45) is 0. The average molecular weight is 336 g/mol. The van der Waals surface area contributed by atoms with Gasteiger partial charge in [0.2, 0.25) is 0 Å². The van der Waals surface area contributed by atoms with Crippen molar-refractivity contribution in [3.63, 3.8) is 0 Å². The molecule has 0 aliphatic rings. The summed E-state index contributed by atoms with van der Waals surface area (Å²) in [5, 5.41) is 3.88. The van der Waals surface area contributed by atoms with Crippen molar-refractivity contribution in [3.8, 4) is 5.75 Å². The van der Waals surface area contributed by atoms with Gasteiger partial charge in [0, 0.05) is 5.78 Å². The van der Waals surface area contributed by atoms with Crippen LogP contribution in [0, 0.1) is 0 Å². The summed E-state index contributed by atoms with van der Waals surface area (Å²) in [6, 6.07) is 29.7. The highest BCUT2D eigenvalue weighted by atomic mass is 31.2. The molecule has 3 aromatic rings. The average Bonchev–Trinajstić information content (AvgIpc) is 2.64. The molecule has 3 heteroatoms. The molecule has 24 heavy (non-hydrogen) atoms. The minimum absolute atomic E-state index is 0.00990. The van der Waals surface area contributed by atoms with Gasteiger partial charge in [-0.2, -0.15) is 0 Å². The van der Waals surface area contributed by atoms with Gasteiger partial charge in [0.1, 0.15) is 5.75 Å². The molecular formula is C21H23NOP. The molecule has 0 saturated carbocycles. The molecule has 1 radical (unpaired) electrons. The molecule has 0 aromatic heterocycles. The third kappa shape index (κ3) is 2.84. The molecule has 0 heterocycles. The fourth-order valence-corrected chi connectivity index (χ4v) is 7.51. The molecule has 0 amide bonds. The number of hydrogen-bond acceptors (Lipinski definition) is 2. The van der Waals surface area contributed by atoms with Gasteiger partial charge in [-0.3, -0.25) is 0 Å². The molecule has 3 aromatic carbocycles. The summed E-state index contributed by atoms with van der Waals surface area (Å²) in [6.45, 7) is 2.12. The zero-order chi connectivity index (χ0) is 17.0. The topological polar surface area (TPSA) is 35.2 Å². The van der Waals surface area contributed by atoms with E-state index in [4.69, 9.17) is 10.5 Å². The van der Waals surface area contributed by atoms with E-state index in [0.717, 1.165) is 5.75 Å². The van der Waals surface area contributed by atoms with Gasteiger partial charge in [-0.05, 0) is 42.2 Å². The van der Waals surface area contributed by atoms with Crippen LogP contribution in [0.2, 0.25) is 0 Å². The molecule has 0 unspecified atom stereocenters. The summed E-state index contributed by atoms with van der Waals surface area (Å²) >= 11 is 0. The number of ether oxygens (including phenoxy) is 1. The maximum absolute atomic E-state index is 6.66. The standard InChI is InChI=1S/C21H23NOP/c1-17(22)24(19-9-5-3-6-10-19,20-11-7-4-8-12-20)21-15-13-18(23-2)14-16-21/h3-17H,22H2,1-2H3/t17-/m1/s1. The first-order chi connectivity index (χ1) is 11.7. The minimum atomic E-state index is -1.93. The second kappa shape index (κ2) is 7.17. The Balaban J connectivity index is 2.30. The van der Waals surface area contributed by atoms with E-state index in [0.29, 0.717) is 0 Å². The summed E-state index contributed by atoms with van der Waals surface area (Å²) in [7, 11) is -0.241. The van der Waals surface area contributed by atoms with Crippen molar-refractivity contribution in [2.75, 3.05) is 7.11 Å². The number of hydrogen-bond donors (Lipinski definition) is 1. The maximum atomic E-state index is 6.66. The first kappa shape index (κ1) is 16.7. The highest BCUT2D eigenvalue weighted by molar-refractivity contribution is 7.96. The SMILES string of the molecule is COc1ccc([P](c2ccccc2)(c2ccccc2)[C@H](C)N)cc1. The lowest BCUT2D eigenvalue weighted by atomic mass is 10.3. The van der Waals surface area contributed by atoms with Crippen molar-refractivity contribution in [2.24, 2.45) is 5.73 Å². The van der Waals surface area contributed by atoms with Crippen molar-refractivity contribution in [1.29, 1.82) is 0 Å². The predicted octanol–water partition coefficient (Wildman–Crippen LogP) is 3.29. The zero-order valence-corrected chi connectivity index (χ0v) is 15.0. The lowest BCUT2D eigenvalue weighted by Gasteiger charge is -2.41. The quantitative estimate of drug-likeness (QED) is 0.726. The molecule has 0 fully saturated rings. The third-order valence-corrected chi connectivity index (χ3v) is 8.98. The van der Waals surface area contributed by atoms with Crippen LogP contribution in [0.15, 0.2) is 84.9 Å². The van der Waals surface area contributed by atoms with Gasteiger partial charge in [-0.15, -0.1) is 0 Å². The molecule has 0 bridgehead atoms. The van der Waals surface area contributed by atoms with Crippen LogP contribution in [-0.2, 0) is 0 Å². The van der Waals surface area contributed by atoms with E-state index in [1.54, 1.807) is 7.11 Å². The van der Waals surface area contributed by atoms with Gasteiger partial charge in [0.25, 0.3) is 0 Å². The predicted molar refractivity (Wildman–Crippen MR) is 105 cm³/mol. The van der Waals surface area contributed by atoms with Crippen molar-refractivity contribution >= 4 is 23.2 Å². The lowest BCUT2D eigenvalue weighted by molar-refractivity contribution is 0.415. The Bertz CT molecular complexity index is 730. The van der Waals surface area contributed by atoms with Crippen molar-refractivity contribution in [2.45, 2.75) is 12.7 Å². The zero-order valence-electron chi connectivity index (χ0n) is 14.1. The van der Waals surface area contributed by atoms with E-state index in [1.165, 1.54) is 15.9 Å². The van der Waals surface area contributed by atoms with E-state index in [-0.39, 0.29) is 5.78 Å². The Labute approximate surface area is 144 Å². The second-order valence-corrected chi connectivity index (χ2v) is 9.64. The van der Waals surface area contributed by atoms with Gasteiger partial charge >= 0.3 is 0 Å². The summed E-state index contributed by atoms with van der Waals surface area (Å²) < 4.78 is 5.33. The Hall–Kier alpha value is -2.15. The smallest absolute Gasteiger partial charge is 0.118 e. The fourth-order valence-electron chi connectivity index (χ4n) is 3.30. The monoisotopic (exact) mass is 336 g/mol. The number of benzene rings is 3. The van der Waals surface area contributed by atoms with Crippen LogP contribution < -0.4 is 26.4 Å². The lowest BCUT2D eigenvalue weighted by Crippen LogP contribution is -2.41. The van der Waals surface area contributed by atoms with Crippen molar-refractivity contribution < 1.29 is 4.74 Å². The van der Waals surface area contributed by atoms with Gasteiger partial charge < -0.3 is 10.5 Å². The van der Waals surface area contributed by atoms with E-state index in [9.17, 15) is 0 Å². The third-order valence-electron chi connectivity index (χ3n) is 4.42. The van der Waals surface area contributed by atoms with Crippen LogP contribution in [0.1, 0.15) is 6.92 Å². The van der Waals surface area contributed by atoms with Crippen LogP contribution in [0.4, 0.5) is 0 Å². The molecule has 1 atom stereocenters. The summed E-state index contributed by atoms with van der Waals surface area (Å²) in [5.41, 5.74) is 6.66. The highest BCUT2D eigenvalue weighted by Crippen LogP contribution is 2.57. The molecule has 2 N–H and O–H groups in total. The Kier molecular flexibility index (Phi) is 4.99. The summed E-state index contributed by atoms with van der Waals surface area (Å²) in [4.78, 5) is 0. The fraction of sp³-hybridized carbons (Fsp3) is 0.143. The summed E-state index contributed by atoms with van der Waals surface area (Å²) in [5.74, 6) is 0.873. The largest absolute Gasteiger partial charge is 0.497 e. The molecule has 0 aliphatic heterocycles. The minimum Gasteiger partial charge on any atom is -0.497 e. The number of nitrogens with two attached hydrogens (primary N) is 1. The highest BCUT2D eigenvalue weighted by Gasteiger charge is 2.37. The Morgan fingerprint density at radius 1 is 0.708 bits per heavy atom. The Morgan fingerprint density at radius 3 is 1.50 bits per heavy atom. The molecule has 3 rings (SSSR count). The maximum Gasteiger partial charge on any atom is 0.118 e.